The molecule has 2 amide bonds. The monoisotopic (exact) mass is 477 g/mol. The Morgan fingerprint density at radius 3 is 2.47 bits per heavy atom. The average molecular weight is 478 g/mol. The van der Waals surface area contributed by atoms with Crippen LogP contribution in [-0.4, -0.2) is 64.3 Å². The van der Waals surface area contributed by atoms with Gasteiger partial charge in [0.25, 0.3) is 5.91 Å². The highest BCUT2D eigenvalue weighted by Crippen LogP contribution is 2.40. The number of thiophene rings is 1. The Hall–Kier alpha value is -2.84. The van der Waals surface area contributed by atoms with Crippen LogP contribution < -0.4 is 5.32 Å². The molecule has 2 aliphatic rings. The van der Waals surface area contributed by atoms with E-state index in [1.54, 1.807) is 0 Å². The van der Waals surface area contributed by atoms with Gasteiger partial charge in [0, 0.05) is 43.2 Å². The van der Waals surface area contributed by atoms with Gasteiger partial charge < -0.3 is 10.2 Å². The first-order valence-electron chi connectivity index (χ1n) is 12.0. The first-order chi connectivity index (χ1) is 16.3. The zero-order valence-electron chi connectivity index (χ0n) is 20.3. The molecular formula is C26H31N5O2S. The smallest absolute Gasteiger partial charge is 0.264 e. The van der Waals surface area contributed by atoms with E-state index in [9.17, 15) is 9.59 Å². The molecule has 3 aromatic rings. The molecular weight excluding hydrogens is 446 g/mol. The summed E-state index contributed by atoms with van der Waals surface area (Å²) in [6, 6.07) is 5.93. The molecule has 2 fully saturated rings. The van der Waals surface area contributed by atoms with Crippen LogP contribution in [0.25, 0.3) is 10.2 Å². The lowest BCUT2D eigenvalue weighted by Crippen LogP contribution is -2.50. The van der Waals surface area contributed by atoms with Gasteiger partial charge in [0.2, 0.25) is 5.91 Å². The maximum absolute atomic E-state index is 13.4. The van der Waals surface area contributed by atoms with Crippen molar-refractivity contribution in [2.45, 2.75) is 46.5 Å². The molecule has 0 bridgehead atoms. The Kier molecular flexibility index (Phi) is 6.12. The topological polar surface area (TPSA) is 78.4 Å². The first-order valence-corrected chi connectivity index (χ1v) is 12.8. The summed E-state index contributed by atoms with van der Waals surface area (Å²) in [5.74, 6) is 1.46. The summed E-state index contributed by atoms with van der Waals surface area (Å²) in [6.45, 7) is 11.0. The minimum absolute atomic E-state index is 0.0191. The van der Waals surface area contributed by atoms with Crippen LogP contribution in [-0.2, 0) is 4.79 Å². The minimum atomic E-state index is -0.0191. The second-order valence-corrected chi connectivity index (χ2v) is 10.5. The van der Waals surface area contributed by atoms with Crippen molar-refractivity contribution in [2.24, 2.45) is 0 Å². The molecule has 0 atom stereocenters. The number of amides is 2. The maximum atomic E-state index is 13.4. The van der Waals surface area contributed by atoms with Crippen LogP contribution >= 0.6 is 11.3 Å². The summed E-state index contributed by atoms with van der Waals surface area (Å²) in [6.07, 6.45) is 2.32. The summed E-state index contributed by atoms with van der Waals surface area (Å²) in [5.41, 5.74) is 5.07. The minimum Gasteiger partial charge on any atom is -0.335 e. The molecule has 8 heteroatoms. The summed E-state index contributed by atoms with van der Waals surface area (Å²) < 4.78 is 0. The lowest BCUT2D eigenvalue weighted by Gasteiger charge is -2.34. The molecule has 0 radical (unpaired) electrons. The number of hydrogen-bond acceptors (Lipinski definition) is 6. The Bertz CT molecular complexity index is 1270. The van der Waals surface area contributed by atoms with Crippen molar-refractivity contribution in [1.29, 1.82) is 0 Å². The molecule has 2 aromatic heterocycles. The van der Waals surface area contributed by atoms with Crippen LogP contribution in [0, 0.1) is 27.7 Å². The third kappa shape index (κ3) is 4.44. The second-order valence-electron chi connectivity index (χ2n) is 9.54. The standard InChI is InChI=1S/C26H31N5O2S/c1-15-6-5-7-20(16(15)2)28-21(32)14-30-10-12-31(13-11-30)26(33)23-17(3)22-18(4)27-24(19-8-9-19)29-25(22)34-23/h5-7,19H,8-14H2,1-4H3,(H,28,32). The van der Waals surface area contributed by atoms with Gasteiger partial charge in [0.05, 0.1) is 17.1 Å². The number of fused-ring (bicyclic) bond motifs is 1. The van der Waals surface area contributed by atoms with E-state index in [1.165, 1.54) is 11.3 Å². The number of carbonyl (C=O) groups is 2. The Morgan fingerprint density at radius 1 is 1.03 bits per heavy atom. The molecule has 3 heterocycles. The number of rotatable bonds is 5. The molecule has 1 N–H and O–H groups in total. The highest BCUT2D eigenvalue weighted by atomic mass is 32.1. The number of aromatic nitrogens is 2. The molecule has 1 aromatic carbocycles. The third-order valence-corrected chi connectivity index (χ3v) is 8.20. The van der Waals surface area contributed by atoms with E-state index in [0.29, 0.717) is 38.6 Å². The van der Waals surface area contributed by atoms with E-state index < -0.39 is 0 Å². The Balaban J connectivity index is 1.22. The predicted octanol–water partition coefficient (Wildman–Crippen LogP) is 4.20. The molecule has 0 unspecified atom stereocenters. The van der Waals surface area contributed by atoms with Crippen molar-refractivity contribution in [3.63, 3.8) is 0 Å². The molecule has 1 saturated heterocycles. The molecule has 0 spiro atoms. The Labute approximate surface area is 204 Å². The number of nitrogens with one attached hydrogen (secondary N) is 1. The SMILES string of the molecule is Cc1cccc(NC(=O)CN2CCN(C(=O)c3sc4nc(C5CC5)nc(C)c4c3C)CC2)c1C. The number of aryl methyl sites for hydroxylation is 3. The zero-order chi connectivity index (χ0) is 24.0. The second kappa shape index (κ2) is 9.07. The summed E-state index contributed by atoms with van der Waals surface area (Å²) in [5, 5.41) is 4.06. The van der Waals surface area contributed by atoms with E-state index in [4.69, 9.17) is 9.97 Å². The fraction of sp³-hybridized carbons (Fsp3) is 0.462. The van der Waals surface area contributed by atoms with E-state index in [1.807, 2.05) is 50.8 Å². The van der Waals surface area contributed by atoms with Gasteiger partial charge >= 0.3 is 0 Å². The quantitative estimate of drug-likeness (QED) is 0.596. The molecule has 5 rings (SSSR count). The van der Waals surface area contributed by atoms with Crippen LogP contribution in [0.2, 0.25) is 0 Å². The van der Waals surface area contributed by atoms with Crippen molar-refractivity contribution in [3.05, 3.63) is 51.3 Å². The van der Waals surface area contributed by atoms with Gasteiger partial charge in [-0.25, -0.2) is 9.97 Å². The van der Waals surface area contributed by atoms with Crippen molar-refractivity contribution >= 4 is 39.1 Å². The number of hydrogen-bond donors (Lipinski definition) is 1. The molecule has 178 valence electrons. The zero-order valence-corrected chi connectivity index (χ0v) is 21.1. The van der Waals surface area contributed by atoms with Crippen LogP contribution in [0.4, 0.5) is 5.69 Å². The van der Waals surface area contributed by atoms with Gasteiger partial charge in [-0.2, -0.15) is 0 Å². The van der Waals surface area contributed by atoms with Crippen molar-refractivity contribution < 1.29 is 9.59 Å². The van der Waals surface area contributed by atoms with Gasteiger partial charge in [-0.15, -0.1) is 11.3 Å². The average Bonchev–Trinajstić information content (AvgIpc) is 3.60. The van der Waals surface area contributed by atoms with E-state index in [0.717, 1.165) is 61.8 Å². The van der Waals surface area contributed by atoms with Crippen LogP contribution in [0.15, 0.2) is 18.2 Å². The molecule has 34 heavy (non-hydrogen) atoms. The number of carbonyl (C=O) groups excluding carboxylic acids is 2. The molecule has 1 aliphatic carbocycles. The number of nitrogens with zero attached hydrogens (tertiary/aromatic N) is 4. The Morgan fingerprint density at radius 2 is 1.76 bits per heavy atom. The van der Waals surface area contributed by atoms with Crippen molar-refractivity contribution in [1.82, 2.24) is 19.8 Å². The number of benzene rings is 1. The van der Waals surface area contributed by atoms with Crippen LogP contribution in [0.5, 0.6) is 0 Å². The lowest BCUT2D eigenvalue weighted by atomic mass is 10.1. The summed E-state index contributed by atoms with van der Waals surface area (Å²) >= 11 is 1.49. The van der Waals surface area contributed by atoms with Gasteiger partial charge in [0.1, 0.15) is 10.7 Å². The predicted molar refractivity (Wildman–Crippen MR) is 136 cm³/mol. The van der Waals surface area contributed by atoms with E-state index >= 15 is 0 Å². The fourth-order valence-corrected chi connectivity index (χ4v) is 5.83. The van der Waals surface area contributed by atoms with Crippen LogP contribution in [0.1, 0.15) is 56.6 Å². The summed E-state index contributed by atoms with van der Waals surface area (Å²) in [4.78, 5) is 41.2. The molecule has 1 aliphatic heterocycles. The van der Waals surface area contributed by atoms with Crippen LogP contribution in [0.3, 0.4) is 0 Å². The van der Waals surface area contributed by atoms with Crippen molar-refractivity contribution in [2.75, 3.05) is 38.0 Å². The van der Waals surface area contributed by atoms with Gasteiger partial charge in [-0.05, 0) is 63.3 Å². The highest BCUT2D eigenvalue weighted by molar-refractivity contribution is 7.20. The fourth-order valence-electron chi connectivity index (χ4n) is 4.62. The van der Waals surface area contributed by atoms with Crippen molar-refractivity contribution in [3.8, 4) is 0 Å². The first kappa shape index (κ1) is 22.9. The molecule has 1 saturated carbocycles. The van der Waals surface area contributed by atoms with E-state index in [-0.39, 0.29) is 11.8 Å². The van der Waals surface area contributed by atoms with E-state index in [2.05, 4.69) is 10.2 Å². The maximum Gasteiger partial charge on any atom is 0.264 e. The third-order valence-electron chi connectivity index (χ3n) is 7.03. The highest BCUT2D eigenvalue weighted by Gasteiger charge is 2.30. The van der Waals surface area contributed by atoms with Gasteiger partial charge in [0.15, 0.2) is 0 Å². The largest absolute Gasteiger partial charge is 0.335 e. The summed E-state index contributed by atoms with van der Waals surface area (Å²) in [7, 11) is 0. The molecule has 7 nitrogen and oxygen atoms in total. The number of piperazine rings is 1. The van der Waals surface area contributed by atoms with Gasteiger partial charge in [-0.1, -0.05) is 12.1 Å². The normalized spacial score (nSPS) is 16.8. The van der Waals surface area contributed by atoms with Gasteiger partial charge in [-0.3, -0.25) is 14.5 Å². The lowest BCUT2D eigenvalue weighted by molar-refractivity contribution is -0.117. The number of anilines is 1.